The van der Waals surface area contributed by atoms with Crippen molar-refractivity contribution in [3.8, 4) is 6.07 Å². The summed E-state index contributed by atoms with van der Waals surface area (Å²) in [6, 6.07) is 6.38. The van der Waals surface area contributed by atoms with Gasteiger partial charge in [-0.3, -0.25) is 0 Å². The Morgan fingerprint density at radius 2 is 1.80 bits per heavy atom. The molecule has 3 heterocycles. The average molecular weight is 334 g/mol. The number of nitrogens with zero attached hydrogens (tertiary/aromatic N) is 6. The second kappa shape index (κ2) is 6.67. The molecule has 128 valence electrons. The molecule has 2 aromatic heterocycles. The topological polar surface area (TPSA) is 68.9 Å². The quantitative estimate of drug-likeness (QED) is 0.839. The number of anilines is 2. The van der Waals surface area contributed by atoms with E-state index >= 15 is 0 Å². The Bertz CT molecular complexity index is 817. The number of rotatable bonds is 2. The summed E-state index contributed by atoms with van der Waals surface area (Å²) in [6.07, 6.45) is 6.30. The standard InChI is InChI=1S/C19H22N6/c1-14-21-7-6-18(22-14)24-8-10-25(11-9-24)19-16(13-20)12-15-4-2-3-5-17(15)23-19/h6-7,12H,2-5,8-11H2,1H3. The Balaban J connectivity index is 1.53. The molecule has 0 aromatic carbocycles. The van der Waals surface area contributed by atoms with Gasteiger partial charge in [-0.25, -0.2) is 15.0 Å². The van der Waals surface area contributed by atoms with Gasteiger partial charge in [0.1, 0.15) is 23.5 Å². The number of fused-ring (bicyclic) bond motifs is 1. The van der Waals surface area contributed by atoms with Crippen LogP contribution >= 0.6 is 0 Å². The Labute approximate surface area is 148 Å². The Morgan fingerprint density at radius 1 is 1.04 bits per heavy atom. The van der Waals surface area contributed by atoms with Crippen LogP contribution in [0.2, 0.25) is 0 Å². The summed E-state index contributed by atoms with van der Waals surface area (Å²) in [7, 11) is 0. The van der Waals surface area contributed by atoms with Gasteiger partial charge < -0.3 is 9.80 Å². The van der Waals surface area contributed by atoms with Crippen molar-refractivity contribution in [2.24, 2.45) is 0 Å². The lowest BCUT2D eigenvalue weighted by atomic mass is 9.95. The van der Waals surface area contributed by atoms with E-state index in [0.29, 0.717) is 5.56 Å². The molecule has 0 saturated carbocycles. The maximum atomic E-state index is 9.57. The van der Waals surface area contributed by atoms with Gasteiger partial charge in [0.25, 0.3) is 0 Å². The third-order valence-corrected chi connectivity index (χ3v) is 5.07. The van der Waals surface area contributed by atoms with Gasteiger partial charge in [0.05, 0.1) is 5.56 Å². The lowest BCUT2D eigenvalue weighted by Crippen LogP contribution is -2.47. The molecule has 1 aliphatic carbocycles. The molecule has 2 aliphatic rings. The van der Waals surface area contributed by atoms with Crippen LogP contribution in [0.15, 0.2) is 18.3 Å². The fourth-order valence-corrected chi connectivity index (χ4v) is 3.71. The van der Waals surface area contributed by atoms with Gasteiger partial charge in [0.15, 0.2) is 0 Å². The molecular weight excluding hydrogens is 312 g/mol. The van der Waals surface area contributed by atoms with E-state index in [1.165, 1.54) is 24.1 Å². The van der Waals surface area contributed by atoms with Crippen molar-refractivity contribution in [1.82, 2.24) is 15.0 Å². The monoisotopic (exact) mass is 334 g/mol. The summed E-state index contributed by atoms with van der Waals surface area (Å²) in [5, 5.41) is 9.57. The number of pyridine rings is 1. The van der Waals surface area contributed by atoms with E-state index in [2.05, 4.69) is 31.9 Å². The Morgan fingerprint density at radius 3 is 2.56 bits per heavy atom. The SMILES string of the molecule is Cc1nccc(N2CCN(c3nc4c(cc3C#N)CCCC4)CC2)n1. The van der Waals surface area contributed by atoms with E-state index < -0.39 is 0 Å². The second-order valence-electron chi connectivity index (χ2n) is 6.72. The lowest BCUT2D eigenvalue weighted by molar-refractivity contribution is 0.629. The van der Waals surface area contributed by atoms with Crippen LogP contribution in [-0.4, -0.2) is 41.1 Å². The molecule has 0 spiro atoms. The van der Waals surface area contributed by atoms with E-state index in [4.69, 9.17) is 4.98 Å². The summed E-state index contributed by atoms with van der Waals surface area (Å²) >= 11 is 0. The molecule has 4 rings (SSSR count). The highest BCUT2D eigenvalue weighted by Crippen LogP contribution is 2.27. The van der Waals surface area contributed by atoms with Crippen LogP contribution in [-0.2, 0) is 12.8 Å². The molecule has 25 heavy (non-hydrogen) atoms. The first-order chi connectivity index (χ1) is 12.2. The van der Waals surface area contributed by atoms with Gasteiger partial charge in [-0.05, 0) is 50.3 Å². The van der Waals surface area contributed by atoms with Crippen molar-refractivity contribution in [2.45, 2.75) is 32.6 Å². The molecule has 0 atom stereocenters. The Kier molecular flexibility index (Phi) is 4.22. The highest BCUT2D eigenvalue weighted by Gasteiger charge is 2.23. The lowest BCUT2D eigenvalue weighted by Gasteiger charge is -2.36. The molecule has 1 fully saturated rings. The molecule has 0 amide bonds. The zero-order chi connectivity index (χ0) is 17.2. The van der Waals surface area contributed by atoms with Crippen molar-refractivity contribution < 1.29 is 0 Å². The summed E-state index contributed by atoms with van der Waals surface area (Å²) in [6.45, 7) is 5.36. The van der Waals surface area contributed by atoms with E-state index in [1.807, 2.05) is 19.2 Å². The van der Waals surface area contributed by atoms with Crippen molar-refractivity contribution in [1.29, 1.82) is 5.26 Å². The third-order valence-electron chi connectivity index (χ3n) is 5.07. The van der Waals surface area contributed by atoms with Gasteiger partial charge in [-0.2, -0.15) is 5.26 Å². The zero-order valence-electron chi connectivity index (χ0n) is 14.6. The molecule has 1 aliphatic heterocycles. The van der Waals surface area contributed by atoms with Crippen LogP contribution in [0, 0.1) is 18.3 Å². The van der Waals surface area contributed by atoms with Gasteiger partial charge in [-0.15, -0.1) is 0 Å². The minimum Gasteiger partial charge on any atom is -0.353 e. The van der Waals surface area contributed by atoms with E-state index in [-0.39, 0.29) is 0 Å². The molecule has 0 bridgehead atoms. The summed E-state index contributed by atoms with van der Waals surface area (Å²) in [5.41, 5.74) is 3.17. The summed E-state index contributed by atoms with van der Waals surface area (Å²) < 4.78 is 0. The molecule has 2 aromatic rings. The molecule has 1 saturated heterocycles. The van der Waals surface area contributed by atoms with Gasteiger partial charge in [-0.1, -0.05) is 0 Å². The van der Waals surface area contributed by atoms with Crippen LogP contribution in [0.5, 0.6) is 0 Å². The highest BCUT2D eigenvalue weighted by atomic mass is 15.3. The van der Waals surface area contributed by atoms with Crippen molar-refractivity contribution >= 4 is 11.6 Å². The molecule has 6 heteroatoms. The maximum Gasteiger partial charge on any atom is 0.146 e. The molecule has 0 N–H and O–H groups in total. The number of hydrogen-bond donors (Lipinski definition) is 0. The third kappa shape index (κ3) is 3.14. The minimum atomic E-state index is 0.715. The van der Waals surface area contributed by atoms with Crippen molar-refractivity contribution in [3.63, 3.8) is 0 Å². The van der Waals surface area contributed by atoms with E-state index in [0.717, 1.165) is 56.5 Å². The first-order valence-electron chi connectivity index (χ1n) is 8.97. The smallest absolute Gasteiger partial charge is 0.146 e. The molecule has 6 nitrogen and oxygen atoms in total. The number of piperazine rings is 1. The fourth-order valence-electron chi connectivity index (χ4n) is 3.71. The second-order valence-corrected chi connectivity index (χ2v) is 6.72. The number of aromatic nitrogens is 3. The van der Waals surface area contributed by atoms with Gasteiger partial charge in [0.2, 0.25) is 0 Å². The molecule has 0 unspecified atom stereocenters. The summed E-state index contributed by atoms with van der Waals surface area (Å²) in [5.74, 6) is 2.63. The zero-order valence-corrected chi connectivity index (χ0v) is 14.6. The van der Waals surface area contributed by atoms with Crippen molar-refractivity contribution in [2.75, 3.05) is 36.0 Å². The number of hydrogen-bond acceptors (Lipinski definition) is 6. The molecule has 0 radical (unpaired) electrons. The molecular formula is C19H22N6. The van der Waals surface area contributed by atoms with E-state index in [9.17, 15) is 5.26 Å². The van der Waals surface area contributed by atoms with Gasteiger partial charge >= 0.3 is 0 Å². The normalized spacial score (nSPS) is 17.1. The van der Waals surface area contributed by atoms with Crippen molar-refractivity contribution in [3.05, 3.63) is 41.0 Å². The largest absolute Gasteiger partial charge is 0.353 e. The fraction of sp³-hybridized carbons (Fsp3) is 0.474. The van der Waals surface area contributed by atoms with Gasteiger partial charge in [0, 0.05) is 38.1 Å². The predicted molar refractivity (Wildman–Crippen MR) is 96.8 cm³/mol. The van der Waals surface area contributed by atoms with Crippen LogP contribution in [0.1, 0.15) is 35.5 Å². The average Bonchev–Trinajstić information content (AvgIpc) is 2.67. The first kappa shape index (κ1) is 15.8. The highest BCUT2D eigenvalue weighted by molar-refractivity contribution is 5.57. The predicted octanol–water partition coefficient (Wildman–Crippen LogP) is 2.26. The maximum absolute atomic E-state index is 9.57. The van der Waals surface area contributed by atoms with Crippen LogP contribution in [0.3, 0.4) is 0 Å². The van der Waals surface area contributed by atoms with Crippen LogP contribution in [0.4, 0.5) is 11.6 Å². The van der Waals surface area contributed by atoms with Crippen LogP contribution in [0.25, 0.3) is 0 Å². The minimum absolute atomic E-state index is 0.715. The van der Waals surface area contributed by atoms with E-state index in [1.54, 1.807) is 0 Å². The Hall–Kier alpha value is -2.68. The summed E-state index contributed by atoms with van der Waals surface area (Å²) in [4.78, 5) is 18.1. The van der Waals surface area contributed by atoms with Crippen LogP contribution < -0.4 is 9.80 Å². The number of nitriles is 1. The first-order valence-corrected chi connectivity index (χ1v) is 8.97. The number of aryl methyl sites for hydroxylation is 3.